The molecule has 1 unspecified atom stereocenters. The van der Waals surface area contributed by atoms with Crippen LogP contribution in [-0.4, -0.2) is 17.3 Å². The zero-order valence-electron chi connectivity index (χ0n) is 8.78. The van der Waals surface area contributed by atoms with Gasteiger partial charge in [0.1, 0.15) is 0 Å². The minimum atomic E-state index is -0.0837. The van der Waals surface area contributed by atoms with Gasteiger partial charge >= 0.3 is 0 Å². The summed E-state index contributed by atoms with van der Waals surface area (Å²) in [5, 5.41) is 12.7. The van der Waals surface area contributed by atoms with Crippen LogP contribution < -0.4 is 5.32 Å². The van der Waals surface area contributed by atoms with Crippen molar-refractivity contribution in [2.45, 2.75) is 38.0 Å². The predicted octanol–water partition coefficient (Wildman–Crippen LogP) is 2.62. The zero-order valence-corrected chi connectivity index (χ0v) is 10.4. The van der Waals surface area contributed by atoms with Crippen molar-refractivity contribution < 1.29 is 5.11 Å². The largest absolute Gasteiger partial charge is 0.393 e. The topological polar surface area (TPSA) is 32.3 Å². The van der Waals surface area contributed by atoms with E-state index in [1.807, 2.05) is 0 Å². The summed E-state index contributed by atoms with van der Waals surface area (Å²) < 4.78 is 1.11. The van der Waals surface area contributed by atoms with Gasteiger partial charge in [-0.05, 0) is 37.5 Å². The summed E-state index contributed by atoms with van der Waals surface area (Å²) in [7, 11) is 0. The quantitative estimate of drug-likeness (QED) is 0.885. The summed E-state index contributed by atoms with van der Waals surface area (Å²) in [6.45, 7) is 2.16. The monoisotopic (exact) mass is 269 g/mol. The normalized spacial score (nSPS) is 27.1. The van der Waals surface area contributed by atoms with E-state index in [2.05, 4.69) is 52.4 Å². The molecular weight excluding hydrogens is 254 g/mol. The molecule has 1 fully saturated rings. The van der Waals surface area contributed by atoms with Crippen molar-refractivity contribution in [2.75, 3.05) is 0 Å². The second-order valence-electron chi connectivity index (χ2n) is 4.26. The third-order valence-electron chi connectivity index (χ3n) is 2.97. The minimum absolute atomic E-state index is 0.0837. The molecule has 0 aromatic heterocycles. The van der Waals surface area contributed by atoms with Crippen LogP contribution in [0, 0.1) is 0 Å². The number of rotatable bonds is 3. The lowest BCUT2D eigenvalue weighted by atomic mass is 9.88. The van der Waals surface area contributed by atoms with Gasteiger partial charge in [0.25, 0.3) is 0 Å². The van der Waals surface area contributed by atoms with Gasteiger partial charge in [0.05, 0.1) is 6.10 Å². The third-order valence-corrected chi connectivity index (χ3v) is 3.50. The van der Waals surface area contributed by atoms with Gasteiger partial charge < -0.3 is 10.4 Å². The highest BCUT2D eigenvalue weighted by atomic mass is 79.9. The lowest BCUT2D eigenvalue weighted by molar-refractivity contribution is 0.0586. The van der Waals surface area contributed by atoms with Crippen molar-refractivity contribution in [1.29, 1.82) is 0 Å². The molecule has 3 heteroatoms. The van der Waals surface area contributed by atoms with E-state index in [0.717, 1.165) is 17.3 Å². The summed E-state index contributed by atoms with van der Waals surface area (Å²) in [6, 6.07) is 9.20. The van der Waals surface area contributed by atoms with Crippen LogP contribution in [0.5, 0.6) is 0 Å². The van der Waals surface area contributed by atoms with Gasteiger partial charge in [-0.2, -0.15) is 0 Å². The molecule has 0 amide bonds. The van der Waals surface area contributed by atoms with Gasteiger partial charge in [0.2, 0.25) is 0 Å². The minimum Gasteiger partial charge on any atom is -0.393 e. The highest BCUT2D eigenvalue weighted by molar-refractivity contribution is 9.10. The Morgan fingerprint density at radius 1 is 1.33 bits per heavy atom. The van der Waals surface area contributed by atoms with Gasteiger partial charge in [-0.3, -0.25) is 0 Å². The van der Waals surface area contributed by atoms with Gasteiger partial charge in [-0.15, -0.1) is 0 Å². The maximum atomic E-state index is 9.19. The molecule has 1 aromatic carbocycles. The second kappa shape index (κ2) is 4.64. The predicted molar refractivity (Wildman–Crippen MR) is 64.7 cm³/mol. The summed E-state index contributed by atoms with van der Waals surface area (Å²) in [4.78, 5) is 0. The fourth-order valence-electron chi connectivity index (χ4n) is 1.93. The van der Waals surface area contributed by atoms with Crippen molar-refractivity contribution in [3.8, 4) is 0 Å². The Morgan fingerprint density at radius 2 is 1.93 bits per heavy atom. The molecule has 0 spiro atoms. The Bertz CT molecular complexity index is 319. The average molecular weight is 270 g/mol. The molecule has 15 heavy (non-hydrogen) atoms. The molecule has 1 saturated carbocycles. The number of hydrogen-bond acceptors (Lipinski definition) is 2. The van der Waals surface area contributed by atoms with E-state index >= 15 is 0 Å². The highest BCUT2D eigenvalue weighted by Crippen LogP contribution is 2.24. The standard InChI is InChI=1S/C12H16BrNO/c1-8(14-11-6-12(15)7-11)9-2-4-10(13)5-3-9/h2-5,8,11-12,14-15H,6-7H2,1H3. The van der Waals surface area contributed by atoms with E-state index in [-0.39, 0.29) is 6.10 Å². The number of nitrogens with one attached hydrogen (secondary N) is 1. The van der Waals surface area contributed by atoms with Crippen molar-refractivity contribution in [3.63, 3.8) is 0 Å². The first-order valence-corrected chi connectivity index (χ1v) is 6.14. The van der Waals surface area contributed by atoms with Crippen molar-refractivity contribution in [3.05, 3.63) is 34.3 Å². The van der Waals surface area contributed by atoms with Crippen LogP contribution in [0.1, 0.15) is 31.4 Å². The average Bonchev–Trinajstić information content (AvgIpc) is 2.16. The molecule has 2 rings (SSSR count). The summed E-state index contributed by atoms with van der Waals surface area (Å²) >= 11 is 3.42. The van der Waals surface area contributed by atoms with E-state index in [4.69, 9.17) is 0 Å². The van der Waals surface area contributed by atoms with Gasteiger partial charge in [0, 0.05) is 16.6 Å². The molecule has 1 aliphatic carbocycles. The Kier molecular flexibility index (Phi) is 3.44. The molecular formula is C12H16BrNO. The SMILES string of the molecule is CC(NC1CC(O)C1)c1ccc(Br)cc1. The van der Waals surface area contributed by atoms with Crippen LogP contribution in [0.2, 0.25) is 0 Å². The summed E-state index contributed by atoms with van der Waals surface area (Å²) in [6.07, 6.45) is 1.70. The molecule has 2 N–H and O–H groups in total. The molecule has 0 heterocycles. The Hall–Kier alpha value is -0.380. The van der Waals surface area contributed by atoms with Crippen LogP contribution in [0.15, 0.2) is 28.7 Å². The Balaban J connectivity index is 1.90. The van der Waals surface area contributed by atoms with Crippen LogP contribution in [-0.2, 0) is 0 Å². The van der Waals surface area contributed by atoms with Gasteiger partial charge in [-0.1, -0.05) is 28.1 Å². The molecule has 0 aliphatic heterocycles. The summed E-state index contributed by atoms with van der Waals surface area (Å²) in [5.41, 5.74) is 1.29. The maximum Gasteiger partial charge on any atom is 0.0570 e. The van der Waals surface area contributed by atoms with Crippen LogP contribution in [0.25, 0.3) is 0 Å². The van der Waals surface area contributed by atoms with Gasteiger partial charge in [0.15, 0.2) is 0 Å². The molecule has 0 bridgehead atoms. The lowest BCUT2D eigenvalue weighted by Gasteiger charge is -2.34. The molecule has 0 radical (unpaired) electrons. The van der Waals surface area contributed by atoms with Crippen molar-refractivity contribution in [1.82, 2.24) is 5.32 Å². The van der Waals surface area contributed by atoms with E-state index in [9.17, 15) is 5.11 Å². The molecule has 0 saturated heterocycles. The number of aliphatic hydroxyl groups excluding tert-OH is 1. The first kappa shape index (κ1) is 11.1. The van der Waals surface area contributed by atoms with Crippen molar-refractivity contribution >= 4 is 15.9 Å². The van der Waals surface area contributed by atoms with E-state index in [1.54, 1.807) is 0 Å². The molecule has 1 aliphatic rings. The number of hydrogen-bond donors (Lipinski definition) is 2. The van der Waals surface area contributed by atoms with E-state index < -0.39 is 0 Å². The number of halogens is 1. The van der Waals surface area contributed by atoms with E-state index in [1.165, 1.54) is 5.56 Å². The molecule has 2 nitrogen and oxygen atoms in total. The first-order valence-electron chi connectivity index (χ1n) is 5.34. The fraction of sp³-hybridized carbons (Fsp3) is 0.500. The number of benzene rings is 1. The van der Waals surface area contributed by atoms with Crippen LogP contribution >= 0.6 is 15.9 Å². The zero-order chi connectivity index (χ0) is 10.8. The molecule has 82 valence electrons. The first-order chi connectivity index (χ1) is 7.15. The molecule has 1 atom stereocenters. The highest BCUT2D eigenvalue weighted by Gasteiger charge is 2.27. The van der Waals surface area contributed by atoms with Crippen LogP contribution in [0.4, 0.5) is 0 Å². The lowest BCUT2D eigenvalue weighted by Crippen LogP contribution is -2.44. The van der Waals surface area contributed by atoms with E-state index in [0.29, 0.717) is 12.1 Å². The van der Waals surface area contributed by atoms with Gasteiger partial charge in [-0.25, -0.2) is 0 Å². The second-order valence-corrected chi connectivity index (χ2v) is 5.18. The summed E-state index contributed by atoms with van der Waals surface area (Å²) in [5.74, 6) is 0. The Labute approximate surface area is 98.8 Å². The number of aliphatic hydroxyl groups is 1. The molecule has 1 aromatic rings. The smallest absolute Gasteiger partial charge is 0.0570 e. The Morgan fingerprint density at radius 3 is 2.47 bits per heavy atom. The van der Waals surface area contributed by atoms with Crippen LogP contribution in [0.3, 0.4) is 0 Å². The van der Waals surface area contributed by atoms with Crippen molar-refractivity contribution in [2.24, 2.45) is 0 Å². The maximum absolute atomic E-state index is 9.19. The fourth-order valence-corrected chi connectivity index (χ4v) is 2.19. The third kappa shape index (κ3) is 2.80.